The highest BCUT2D eigenvalue weighted by atomic mass is 16.7. The molecule has 2 rings (SSSR count). The first kappa shape index (κ1) is 83.8. The predicted molar refractivity (Wildman–Crippen MR) is 365 cm³/mol. The number of hydrogen-bond donors (Lipinski definition) is 9. The van der Waals surface area contributed by atoms with Crippen LogP contribution in [0.5, 0.6) is 0 Å². The van der Waals surface area contributed by atoms with E-state index in [4.69, 9.17) is 18.9 Å². The molecule has 0 saturated carbocycles. The van der Waals surface area contributed by atoms with E-state index in [1.54, 1.807) is 6.08 Å². The Kier molecular flexibility index (Phi) is 56.9. The number of aliphatic hydroxyl groups excluding tert-OH is 8. The van der Waals surface area contributed by atoms with Crippen LogP contribution in [0, 0.1) is 0 Å². The minimum absolute atomic E-state index is 0.230. The number of carbonyl (C=O) groups is 1. The number of allylic oxidation sites excluding steroid dienone is 1. The van der Waals surface area contributed by atoms with Crippen LogP contribution in [-0.2, 0) is 23.7 Å². The van der Waals surface area contributed by atoms with Crippen LogP contribution in [0.3, 0.4) is 0 Å². The second-order valence-electron chi connectivity index (χ2n) is 27.5. The van der Waals surface area contributed by atoms with Crippen molar-refractivity contribution in [2.75, 3.05) is 19.8 Å². The number of carbonyl (C=O) groups excluding carboxylic acids is 1. The Hall–Kier alpha value is -1.27. The third-order valence-electron chi connectivity index (χ3n) is 19.2. The van der Waals surface area contributed by atoms with Crippen LogP contribution in [0.2, 0.25) is 0 Å². The first-order valence-electron chi connectivity index (χ1n) is 38.4. The maximum atomic E-state index is 13.4. The summed E-state index contributed by atoms with van der Waals surface area (Å²) in [4.78, 5) is 13.4. The van der Waals surface area contributed by atoms with Gasteiger partial charge in [-0.1, -0.05) is 353 Å². The van der Waals surface area contributed by atoms with E-state index >= 15 is 0 Å². The maximum Gasteiger partial charge on any atom is 0.220 e. The highest BCUT2D eigenvalue weighted by Crippen LogP contribution is 2.30. The number of nitrogens with one attached hydrogen (secondary N) is 1. The van der Waals surface area contributed by atoms with E-state index in [0.29, 0.717) is 0 Å². The molecule has 2 aliphatic heterocycles. The molecule has 2 saturated heterocycles. The standard InChI is InChI=1S/C75H145NO13/c1-3-5-7-9-11-13-15-17-19-21-23-25-27-29-30-31-32-33-34-35-36-38-40-42-44-46-48-50-52-54-56-58-64(79)63(62-86-74-72(85)70(83)73(66(61-78)88-74)89-75-71(84)69(82)68(81)65(60-77)87-75)76-67(80)59-57-55-53-51-49-47-45-43-41-39-37-28-26-24-22-20-18-16-14-12-10-8-6-4-2/h56,58,63-66,68-75,77-79,81-85H,3-55,57,59-62H2,1-2H3,(H,76,80)/b58-56+. The molecule has 0 spiro atoms. The van der Waals surface area contributed by atoms with Crippen molar-refractivity contribution in [1.29, 1.82) is 0 Å². The fraction of sp³-hybridized carbons (Fsp3) is 0.960. The molecule has 0 aromatic carbocycles. The third kappa shape index (κ3) is 44.2. The first-order valence-corrected chi connectivity index (χ1v) is 38.4. The van der Waals surface area contributed by atoms with E-state index in [1.165, 1.54) is 302 Å². The van der Waals surface area contributed by atoms with Crippen LogP contribution in [-0.4, -0.2) is 140 Å². The zero-order chi connectivity index (χ0) is 64.5. The highest BCUT2D eigenvalue weighted by molar-refractivity contribution is 5.76. The van der Waals surface area contributed by atoms with Gasteiger partial charge in [0.2, 0.25) is 5.91 Å². The number of ether oxygens (including phenoxy) is 4. The zero-order valence-electron chi connectivity index (χ0n) is 57.7. The van der Waals surface area contributed by atoms with Crippen molar-refractivity contribution >= 4 is 5.91 Å². The van der Waals surface area contributed by atoms with E-state index in [-0.39, 0.29) is 18.9 Å². The SMILES string of the molecule is CCCCCCCCCCCCCCCCCCCCCCCCCCCCCCC/C=C/C(O)C(COC1OC(CO)C(OC2OC(CO)C(O)C(O)C2O)C(O)C1O)NC(=O)CCCCCCCCCCCCCCCCCCCCCCCCCC. The Morgan fingerprint density at radius 3 is 1.03 bits per heavy atom. The molecule has 0 bridgehead atoms. The molecule has 12 unspecified atom stereocenters. The van der Waals surface area contributed by atoms with Crippen molar-refractivity contribution in [3.05, 3.63) is 12.2 Å². The van der Waals surface area contributed by atoms with Crippen LogP contribution in [0.25, 0.3) is 0 Å². The molecule has 14 nitrogen and oxygen atoms in total. The Bertz CT molecular complexity index is 1540. The molecule has 14 heteroatoms. The quantitative estimate of drug-likeness (QED) is 0.0204. The van der Waals surface area contributed by atoms with E-state index in [1.807, 2.05) is 6.08 Å². The Labute approximate surface area is 546 Å². The normalized spacial score (nSPS) is 23.0. The largest absolute Gasteiger partial charge is 0.394 e. The molecule has 0 aromatic rings. The van der Waals surface area contributed by atoms with Crippen molar-refractivity contribution in [2.24, 2.45) is 0 Å². The van der Waals surface area contributed by atoms with Gasteiger partial charge in [0.25, 0.3) is 0 Å². The Morgan fingerprint density at radius 2 is 0.697 bits per heavy atom. The van der Waals surface area contributed by atoms with Crippen molar-refractivity contribution in [3.8, 4) is 0 Å². The fourth-order valence-electron chi connectivity index (χ4n) is 13.1. The van der Waals surface area contributed by atoms with Gasteiger partial charge in [-0.2, -0.15) is 0 Å². The second kappa shape index (κ2) is 60.4. The van der Waals surface area contributed by atoms with E-state index in [0.717, 1.165) is 44.9 Å². The minimum Gasteiger partial charge on any atom is -0.394 e. The molecule has 2 fully saturated rings. The van der Waals surface area contributed by atoms with E-state index < -0.39 is 86.8 Å². The molecule has 2 aliphatic rings. The summed E-state index contributed by atoms with van der Waals surface area (Å²) in [6.45, 7) is 2.87. The van der Waals surface area contributed by atoms with Gasteiger partial charge >= 0.3 is 0 Å². The van der Waals surface area contributed by atoms with Gasteiger partial charge in [0.1, 0.15) is 48.8 Å². The molecule has 9 N–H and O–H groups in total. The topological polar surface area (TPSA) is 228 Å². The zero-order valence-corrected chi connectivity index (χ0v) is 57.7. The predicted octanol–water partition coefficient (Wildman–Crippen LogP) is 16.5. The Balaban J connectivity index is 1.64. The summed E-state index contributed by atoms with van der Waals surface area (Å²) in [5.74, 6) is -0.230. The molecule has 89 heavy (non-hydrogen) atoms. The molecule has 528 valence electrons. The lowest BCUT2D eigenvalue weighted by Crippen LogP contribution is -2.65. The summed E-state index contributed by atoms with van der Waals surface area (Å²) in [7, 11) is 0. The lowest BCUT2D eigenvalue weighted by molar-refractivity contribution is -0.359. The fourth-order valence-corrected chi connectivity index (χ4v) is 13.1. The monoisotopic (exact) mass is 1270 g/mol. The van der Waals surface area contributed by atoms with Gasteiger partial charge in [-0.25, -0.2) is 0 Å². The molecule has 12 atom stereocenters. The lowest BCUT2D eigenvalue weighted by atomic mass is 9.97. The number of hydrogen-bond acceptors (Lipinski definition) is 13. The molecular formula is C75H145NO13. The summed E-state index contributed by atoms with van der Waals surface area (Å²) < 4.78 is 22.9. The Morgan fingerprint density at radius 1 is 0.393 bits per heavy atom. The molecule has 1 amide bonds. The van der Waals surface area contributed by atoms with E-state index in [2.05, 4.69) is 19.2 Å². The van der Waals surface area contributed by atoms with Gasteiger partial charge < -0.3 is 65.1 Å². The number of rotatable bonds is 65. The maximum absolute atomic E-state index is 13.4. The van der Waals surface area contributed by atoms with Crippen LogP contribution < -0.4 is 5.32 Å². The van der Waals surface area contributed by atoms with Gasteiger partial charge in [-0.15, -0.1) is 0 Å². The summed E-state index contributed by atoms with van der Waals surface area (Å²) >= 11 is 0. The average molecular weight is 1270 g/mol. The molecule has 0 aliphatic carbocycles. The number of amides is 1. The number of aliphatic hydroxyl groups is 8. The van der Waals surface area contributed by atoms with Crippen LogP contribution in [0.4, 0.5) is 0 Å². The van der Waals surface area contributed by atoms with Gasteiger partial charge in [-0.05, 0) is 19.3 Å². The molecule has 0 aromatic heterocycles. The van der Waals surface area contributed by atoms with Crippen molar-refractivity contribution < 1.29 is 64.6 Å². The highest BCUT2D eigenvalue weighted by Gasteiger charge is 2.51. The molecular weight excluding hydrogens is 1120 g/mol. The van der Waals surface area contributed by atoms with Crippen LogP contribution >= 0.6 is 0 Å². The average Bonchev–Trinajstić information content (AvgIpc) is 3.61. The second-order valence-corrected chi connectivity index (χ2v) is 27.5. The lowest BCUT2D eigenvalue weighted by Gasteiger charge is -2.46. The summed E-state index contributed by atoms with van der Waals surface area (Å²) in [5.41, 5.74) is 0. The van der Waals surface area contributed by atoms with Gasteiger partial charge in [0.15, 0.2) is 12.6 Å². The van der Waals surface area contributed by atoms with Crippen molar-refractivity contribution in [3.63, 3.8) is 0 Å². The third-order valence-corrected chi connectivity index (χ3v) is 19.2. The minimum atomic E-state index is -1.79. The first-order chi connectivity index (χ1) is 43.6. The molecule has 0 radical (unpaired) electrons. The summed E-state index contributed by atoms with van der Waals surface area (Å²) in [5, 5.41) is 87.6. The van der Waals surface area contributed by atoms with E-state index in [9.17, 15) is 45.6 Å². The van der Waals surface area contributed by atoms with Gasteiger partial charge in [-0.3, -0.25) is 4.79 Å². The summed E-state index contributed by atoms with van der Waals surface area (Å²) in [6.07, 6.45) is 58.6. The van der Waals surface area contributed by atoms with Crippen molar-refractivity contribution in [1.82, 2.24) is 5.32 Å². The number of unbranched alkanes of at least 4 members (excludes halogenated alkanes) is 52. The smallest absolute Gasteiger partial charge is 0.220 e. The van der Waals surface area contributed by atoms with Crippen LogP contribution in [0.15, 0.2) is 12.2 Å². The van der Waals surface area contributed by atoms with Crippen LogP contribution in [0.1, 0.15) is 367 Å². The van der Waals surface area contributed by atoms with Gasteiger partial charge in [0.05, 0.1) is 32.0 Å². The molecule has 2 heterocycles. The van der Waals surface area contributed by atoms with Gasteiger partial charge in [0, 0.05) is 6.42 Å². The van der Waals surface area contributed by atoms with Crippen molar-refractivity contribution in [2.45, 2.75) is 441 Å². The summed E-state index contributed by atoms with van der Waals surface area (Å²) in [6, 6.07) is -0.912.